The van der Waals surface area contributed by atoms with Crippen LogP contribution in [0, 0.1) is 0 Å². The van der Waals surface area contributed by atoms with Crippen LogP contribution in [0.5, 0.6) is 11.5 Å². The third kappa shape index (κ3) is 4.12. The van der Waals surface area contributed by atoms with E-state index < -0.39 is 11.6 Å². The molecule has 0 aromatic heterocycles. The molecule has 2 aromatic carbocycles. The molecule has 0 saturated carbocycles. The van der Waals surface area contributed by atoms with Crippen molar-refractivity contribution in [3.8, 4) is 11.5 Å². The summed E-state index contributed by atoms with van der Waals surface area (Å²) in [5, 5.41) is 4.92. The van der Waals surface area contributed by atoms with Crippen LogP contribution in [0.2, 0.25) is 0 Å². The SMILES string of the molecule is COc1cc2c(cc1OC)CN(C(=O)c1ccccc1SC[C@]1(C)NC(=O)NC1=O)CC2. The normalized spacial score (nSPS) is 19.8. The van der Waals surface area contributed by atoms with Crippen LogP contribution in [-0.4, -0.2) is 54.8 Å². The Bertz CT molecular complexity index is 1090. The molecule has 2 aromatic rings. The first-order valence-corrected chi connectivity index (χ1v) is 11.2. The molecule has 0 radical (unpaired) electrons. The Kier molecular flexibility index (Phi) is 6.01. The molecule has 2 aliphatic heterocycles. The number of hydrogen-bond acceptors (Lipinski definition) is 6. The molecule has 2 aliphatic rings. The number of fused-ring (bicyclic) bond motifs is 1. The number of rotatable bonds is 6. The smallest absolute Gasteiger partial charge is 0.322 e. The van der Waals surface area contributed by atoms with Gasteiger partial charge in [0.05, 0.1) is 19.8 Å². The zero-order chi connectivity index (χ0) is 22.9. The standard InChI is InChI=1S/C23H25N3O5S/c1-23(21(28)24-22(29)25-23)13-32-19-7-5-4-6-16(19)20(27)26-9-8-14-10-17(30-2)18(31-3)11-15(14)12-26/h4-7,10-11H,8-9,12-13H2,1-3H3,(H2,24,25,28,29)/t23-/m0/s1. The quantitative estimate of drug-likeness (QED) is 0.513. The van der Waals surface area contributed by atoms with Gasteiger partial charge >= 0.3 is 6.03 Å². The molecular formula is C23H25N3O5S. The van der Waals surface area contributed by atoms with Gasteiger partial charge in [-0.05, 0) is 48.7 Å². The van der Waals surface area contributed by atoms with Crippen molar-refractivity contribution in [2.75, 3.05) is 26.5 Å². The Labute approximate surface area is 190 Å². The number of benzene rings is 2. The molecule has 2 N–H and O–H groups in total. The lowest BCUT2D eigenvalue weighted by molar-refractivity contribution is -0.122. The largest absolute Gasteiger partial charge is 0.493 e. The number of thioether (sulfide) groups is 1. The zero-order valence-corrected chi connectivity index (χ0v) is 19.0. The summed E-state index contributed by atoms with van der Waals surface area (Å²) >= 11 is 1.38. The summed E-state index contributed by atoms with van der Waals surface area (Å²) < 4.78 is 10.8. The third-order valence-electron chi connectivity index (χ3n) is 5.76. The predicted octanol–water partition coefficient (Wildman–Crippen LogP) is 2.59. The first-order valence-electron chi connectivity index (χ1n) is 10.2. The summed E-state index contributed by atoms with van der Waals surface area (Å²) in [5.41, 5.74) is 1.74. The first-order chi connectivity index (χ1) is 15.3. The lowest BCUT2D eigenvalue weighted by Gasteiger charge is -2.30. The summed E-state index contributed by atoms with van der Waals surface area (Å²) in [4.78, 5) is 39.6. The van der Waals surface area contributed by atoms with Crippen molar-refractivity contribution in [2.24, 2.45) is 0 Å². The Morgan fingerprint density at radius 3 is 2.47 bits per heavy atom. The fourth-order valence-corrected chi connectivity index (χ4v) is 5.03. The van der Waals surface area contributed by atoms with Crippen molar-refractivity contribution in [1.82, 2.24) is 15.5 Å². The number of carbonyl (C=O) groups is 3. The van der Waals surface area contributed by atoms with Crippen LogP contribution < -0.4 is 20.1 Å². The van der Waals surface area contributed by atoms with Crippen LogP contribution in [0.4, 0.5) is 4.79 Å². The van der Waals surface area contributed by atoms with Crippen LogP contribution >= 0.6 is 11.8 Å². The summed E-state index contributed by atoms with van der Waals surface area (Å²) in [7, 11) is 3.20. The van der Waals surface area contributed by atoms with Gasteiger partial charge in [0.2, 0.25) is 0 Å². The molecule has 0 unspecified atom stereocenters. The minimum Gasteiger partial charge on any atom is -0.493 e. The van der Waals surface area contributed by atoms with Gasteiger partial charge < -0.3 is 19.7 Å². The fourth-order valence-electron chi connectivity index (χ4n) is 3.90. The molecule has 4 rings (SSSR count). The highest BCUT2D eigenvalue weighted by Gasteiger charge is 2.42. The molecular weight excluding hydrogens is 430 g/mol. The van der Waals surface area contributed by atoms with E-state index in [4.69, 9.17) is 9.47 Å². The van der Waals surface area contributed by atoms with E-state index in [0.717, 1.165) is 22.4 Å². The number of amides is 4. The Morgan fingerprint density at radius 1 is 1.12 bits per heavy atom. The van der Waals surface area contributed by atoms with E-state index in [9.17, 15) is 14.4 Å². The van der Waals surface area contributed by atoms with Crippen LogP contribution in [0.15, 0.2) is 41.3 Å². The molecule has 32 heavy (non-hydrogen) atoms. The topological polar surface area (TPSA) is 97.0 Å². The molecule has 0 spiro atoms. The van der Waals surface area contributed by atoms with Crippen molar-refractivity contribution in [3.05, 3.63) is 53.1 Å². The maximum Gasteiger partial charge on any atom is 0.322 e. The van der Waals surface area contributed by atoms with Crippen LogP contribution in [0.3, 0.4) is 0 Å². The van der Waals surface area contributed by atoms with Gasteiger partial charge in [-0.1, -0.05) is 12.1 Å². The average Bonchev–Trinajstić information content (AvgIpc) is 3.07. The molecule has 0 aliphatic carbocycles. The predicted molar refractivity (Wildman–Crippen MR) is 120 cm³/mol. The number of hydrogen-bond donors (Lipinski definition) is 2. The van der Waals surface area contributed by atoms with Gasteiger partial charge in [-0.15, -0.1) is 11.8 Å². The molecule has 2 heterocycles. The second-order valence-electron chi connectivity index (χ2n) is 7.98. The van der Waals surface area contributed by atoms with E-state index in [0.29, 0.717) is 35.9 Å². The van der Waals surface area contributed by atoms with Gasteiger partial charge in [-0.3, -0.25) is 14.9 Å². The maximum atomic E-state index is 13.4. The number of carbonyl (C=O) groups excluding carboxylic acids is 3. The second kappa shape index (κ2) is 8.74. The summed E-state index contributed by atoms with van der Waals surface area (Å²) in [6, 6.07) is 10.7. The van der Waals surface area contributed by atoms with Gasteiger partial charge in [0.1, 0.15) is 5.54 Å². The summed E-state index contributed by atoms with van der Waals surface area (Å²) in [5.74, 6) is 1.20. The van der Waals surface area contributed by atoms with E-state index >= 15 is 0 Å². The molecule has 4 amide bonds. The fraction of sp³-hybridized carbons (Fsp3) is 0.348. The third-order valence-corrected chi connectivity index (χ3v) is 7.15. The van der Waals surface area contributed by atoms with Crippen molar-refractivity contribution < 1.29 is 23.9 Å². The molecule has 0 bridgehead atoms. The van der Waals surface area contributed by atoms with Gasteiger partial charge in [0.25, 0.3) is 11.8 Å². The Hall–Kier alpha value is -3.20. The number of urea groups is 1. The minimum atomic E-state index is -1.02. The van der Waals surface area contributed by atoms with E-state index in [1.165, 1.54) is 11.8 Å². The molecule has 9 heteroatoms. The Morgan fingerprint density at radius 2 is 1.81 bits per heavy atom. The first kappa shape index (κ1) is 22.0. The van der Waals surface area contributed by atoms with Gasteiger partial charge in [0.15, 0.2) is 11.5 Å². The molecule has 1 atom stereocenters. The number of ether oxygens (including phenoxy) is 2. The number of imide groups is 1. The number of nitrogens with one attached hydrogen (secondary N) is 2. The van der Waals surface area contributed by atoms with E-state index in [-0.39, 0.29) is 11.8 Å². The highest BCUT2D eigenvalue weighted by molar-refractivity contribution is 7.99. The monoisotopic (exact) mass is 455 g/mol. The molecule has 8 nitrogen and oxygen atoms in total. The lowest BCUT2D eigenvalue weighted by Crippen LogP contribution is -2.46. The van der Waals surface area contributed by atoms with E-state index in [1.807, 2.05) is 35.2 Å². The maximum absolute atomic E-state index is 13.4. The molecule has 168 valence electrons. The van der Waals surface area contributed by atoms with Crippen LogP contribution in [-0.2, 0) is 17.8 Å². The van der Waals surface area contributed by atoms with E-state index in [2.05, 4.69) is 10.6 Å². The zero-order valence-electron chi connectivity index (χ0n) is 18.2. The van der Waals surface area contributed by atoms with Crippen molar-refractivity contribution in [2.45, 2.75) is 30.3 Å². The van der Waals surface area contributed by atoms with Crippen LogP contribution in [0.1, 0.15) is 28.4 Å². The summed E-state index contributed by atoms with van der Waals surface area (Å²) in [6.07, 6.45) is 0.723. The van der Waals surface area contributed by atoms with Crippen molar-refractivity contribution >= 4 is 29.6 Å². The highest BCUT2D eigenvalue weighted by Crippen LogP contribution is 2.34. The van der Waals surface area contributed by atoms with Gasteiger partial charge in [0, 0.05) is 23.7 Å². The van der Waals surface area contributed by atoms with E-state index in [1.54, 1.807) is 27.2 Å². The average molecular weight is 456 g/mol. The number of methoxy groups -OCH3 is 2. The van der Waals surface area contributed by atoms with Gasteiger partial charge in [-0.25, -0.2) is 4.79 Å². The van der Waals surface area contributed by atoms with Crippen molar-refractivity contribution in [3.63, 3.8) is 0 Å². The summed E-state index contributed by atoms with van der Waals surface area (Å²) in [6.45, 7) is 2.74. The molecule has 1 fully saturated rings. The minimum absolute atomic E-state index is 0.0707. The Balaban J connectivity index is 1.52. The van der Waals surface area contributed by atoms with Crippen molar-refractivity contribution in [1.29, 1.82) is 0 Å². The van der Waals surface area contributed by atoms with Crippen LogP contribution in [0.25, 0.3) is 0 Å². The lowest BCUT2D eigenvalue weighted by atomic mass is 9.98. The highest BCUT2D eigenvalue weighted by atomic mass is 32.2. The number of nitrogens with zero attached hydrogens (tertiary/aromatic N) is 1. The molecule has 1 saturated heterocycles. The van der Waals surface area contributed by atoms with Gasteiger partial charge in [-0.2, -0.15) is 0 Å². The second-order valence-corrected chi connectivity index (χ2v) is 8.99.